The Labute approximate surface area is 129 Å². The van der Waals surface area contributed by atoms with E-state index in [-0.39, 0.29) is 0 Å². The number of ether oxygens (including phenoxy) is 2. The lowest BCUT2D eigenvalue weighted by atomic mass is 10.2. The summed E-state index contributed by atoms with van der Waals surface area (Å²) in [5, 5.41) is 0. The van der Waals surface area contributed by atoms with Crippen molar-refractivity contribution in [1.82, 2.24) is 4.90 Å². The topological polar surface area (TPSA) is 21.7 Å². The first-order chi connectivity index (χ1) is 9.72. The van der Waals surface area contributed by atoms with Gasteiger partial charge in [-0.25, -0.2) is 0 Å². The van der Waals surface area contributed by atoms with E-state index >= 15 is 0 Å². The molecule has 0 unspecified atom stereocenters. The van der Waals surface area contributed by atoms with Gasteiger partial charge in [-0.3, -0.25) is 4.90 Å². The summed E-state index contributed by atoms with van der Waals surface area (Å²) in [6, 6.07) is 6.10. The summed E-state index contributed by atoms with van der Waals surface area (Å²) in [6.07, 6.45) is 4.54. The highest BCUT2D eigenvalue weighted by atomic mass is 79.9. The first-order valence-corrected chi connectivity index (χ1v) is 8.27. The summed E-state index contributed by atoms with van der Waals surface area (Å²) < 4.78 is 12.9. The first-order valence-electron chi connectivity index (χ1n) is 7.48. The maximum atomic E-state index is 5.89. The van der Waals surface area contributed by atoms with E-state index in [2.05, 4.69) is 27.8 Å². The Morgan fingerprint density at radius 1 is 1.30 bits per heavy atom. The Balaban J connectivity index is 1.41. The number of hydrogen-bond acceptors (Lipinski definition) is 3. The molecule has 110 valence electrons. The second-order valence-corrected chi connectivity index (χ2v) is 6.64. The Kier molecular flexibility index (Phi) is 4.64. The lowest BCUT2D eigenvalue weighted by Crippen LogP contribution is -2.43. The third-order valence-electron chi connectivity index (χ3n) is 4.21. The van der Waals surface area contributed by atoms with Crippen LogP contribution in [-0.2, 0) is 4.74 Å². The monoisotopic (exact) mass is 339 g/mol. The molecular formula is C16H22BrNO2. The minimum Gasteiger partial charge on any atom is -0.493 e. The van der Waals surface area contributed by atoms with Crippen LogP contribution in [0.15, 0.2) is 22.7 Å². The quantitative estimate of drug-likeness (QED) is 0.767. The third kappa shape index (κ3) is 3.35. The van der Waals surface area contributed by atoms with E-state index in [1.54, 1.807) is 0 Å². The van der Waals surface area contributed by atoms with Crippen LogP contribution < -0.4 is 4.74 Å². The molecule has 0 aliphatic carbocycles. The highest BCUT2D eigenvalue weighted by Gasteiger charge is 2.33. The summed E-state index contributed by atoms with van der Waals surface area (Å²) in [5.41, 5.74) is 1.18. The highest BCUT2D eigenvalue weighted by Crippen LogP contribution is 2.27. The van der Waals surface area contributed by atoms with Gasteiger partial charge in [0.15, 0.2) is 0 Å². The van der Waals surface area contributed by atoms with Gasteiger partial charge in [0.2, 0.25) is 0 Å². The number of rotatable bonds is 5. The molecule has 0 aromatic heterocycles. The predicted octanol–water partition coefficient (Wildman–Crippen LogP) is 3.39. The maximum Gasteiger partial charge on any atom is 0.123 e. The van der Waals surface area contributed by atoms with Gasteiger partial charge in [0.05, 0.1) is 18.8 Å². The molecule has 0 N–H and O–H groups in total. The van der Waals surface area contributed by atoms with Gasteiger partial charge < -0.3 is 9.47 Å². The minimum absolute atomic E-state index is 0.488. The standard InChI is InChI=1S/C16H22BrNO2/c1-12-15(17)4-2-5-16(12)19-9-3-8-18-10-13-6-7-14(11-18)20-13/h2,4-5,13-14H,3,6-11H2,1H3/t13-,14+. The van der Waals surface area contributed by atoms with E-state index in [1.165, 1.54) is 18.4 Å². The second-order valence-electron chi connectivity index (χ2n) is 5.78. The van der Waals surface area contributed by atoms with Crippen LogP contribution in [0.25, 0.3) is 0 Å². The van der Waals surface area contributed by atoms with Crippen LogP contribution in [0.2, 0.25) is 0 Å². The molecular weight excluding hydrogens is 318 g/mol. The van der Waals surface area contributed by atoms with Crippen molar-refractivity contribution in [2.24, 2.45) is 0 Å². The fourth-order valence-electron chi connectivity index (χ4n) is 3.10. The molecule has 2 bridgehead atoms. The predicted molar refractivity (Wildman–Crippen MR) is 83.3 cm³/mol. The fourth-order valence-corrected chi connectivity index (χ4v) is 3.44. The van der Waals surface area contributed by atoms with Gasteiger partial charge in [-0.05, 0) is 38.3 Å². The van der Waals surface area contributed by atoms with Crippen molar-refractivity contribution in [1.29, 1.82) is 0 Å². The van der Waals surface area contributed by atoms with E-state index in [0.717, 1.165) is 42.9 Å². The molecule has 0 radical (unpaired) electrons. The van der Waals surface area contributed by atoms with Crippen LogP contribution in [0.4, 0.5) is 0 Å². The van der Waals surface area contributed by atoms with Crippen molar-refractivity contribution in [3.8, 4) is 5.75 Å². The number of fused-ring (bicyclic) bond motifs is 2. The lowest BCUT2D eigenvalue weighted by molar-refractivity contribution is -0.0391. The van der Waals surface area contributed by atoms with Crippen molar-refractivity contribution in [3.05, 3.63) is 28.2 Å². The zero-order valence-corrected chi connectivity index (χ0v) is 13.6. The van der Waals surface area contributed by atoms with Gasteiger partial charge in [-0.1, -0.05) is 22.0 Å². The lowest BCUT2D eigenvalue weighted by Gasteiger charge is -2.31. The number of likely N-dealkylation sites (tertiary alicyclic amines) is 1. The average Bonchev–Trinajstić information content (AvgIpc) is 2.78. The molecule has 4 heteroatoms. The van der Waals surface area contributed by atoms with Crippen LogP contribution in [0.5, 0.6) is 5.75 Å². The molecule has 3 nitrogen and oxygen atoms in total. The molecule has 2 aliphatic rings. The minimum atomic E-state index is 0.488. The van der Waals surface area contributed by atoms with Crippen molar-refractivity contribution >= 4 is 15.9 Å². The second kappa shape index (κ2) is 6.46. The average molecular weight is 340 g/mol. The van der Waals surface area contributed by atoms with E-state index < -0.39 is 0 Å². The summed E-state index contributed by atoms with van der Waals surface area (Å²) in [4.78, 5) is 2.53. The third-order valence-corrected chi connectivity index (χ3v) is 5.07. The molecule has 0 amide bonds. The number of hydrogen-bond donors (Lipinski definition) is 0. The molecule has 0 spiro atoms. The van der Waals surface area contributed by atoms with E-state index in [9.17, 15) is 0 Å². The summed E-state index contributed by atoms with van der Waals surface area (Å²) >= 11 is 3.54. The Hall–Kier alpha value is -0.580. The molecule has 1 aromatic carbocycles. The summed E-state index contributed by atoms with van der Waals surface area (Å²) in [6.45, 7) is 6.19. The van der Waals surface area contributed by atoms with Crippen LogP contribution in [0.3, 0.4) is 0 Å². The SMILES string of the molecule is Cc1c(Br)cccc1OCCCN1C[C@H]2CC[C@@H](C1)O2. The largest absolute Gasteiger partial charge is 0.493 e. The fraction of sp³-hybridized carbons (Fsp3) is 0.625. The van der Waals surface area contributed by atoms with Crippen LogP contribution >= 0.6 is 15.9 Å². The molecule has 2 heterocycles. The van der Waals surface area contributed by atoms with E-state index in [4.69, 9.17) is 9.47 Å². The van der Waals surface area contributed by atoms with Crippen LogP contribution in [-0.4, -0.2) is 43.3 Å². The van der Waals surface area contributed by atoms with Crippen LogP contribution in [0, 0.1) is 6.92 Å². The number of nitrogens with zero attached hydrogens (tertiary/aromatic N) is 1. The van der Waals surface area contributed by atoms with Crippen molar-refractivity contribution in [3.63, 3.8) is 0 Å². The number of halogens is 1. The van der Waals surface area contributed by atoms with Crippen molar-refractivity contribution < 1.29 is 9.47 Å². The molecule has 3 rings (SSSR count). The zero-order chi connectivity index (χ0) is 13.9. The first kappa shape index (κ1) is 14.4. The number of morpholine rings is 1. The Morgan fingerprint density at radius 2 is 2.05 bits per heavy atom. The molecule has 2 fully saturated rings. The van der Waals surface area contributed by atoms with E-state index in [1.807, 2.05) is 18.2 Å². The summed E-state index contributed by atoms with van der Waals surface area (Å²) in [7, 11) is 0. The normalized spacial score (nSPS) is 25.9. The van der Waals surface area contributed by atoms with Gasteiger partial charge >= 0.3 is 0 Å². The smallest absolute Gasteiger partial charge is 0.123 e. The molecule has 0 saturated carbocycles. The Bertz CT molecular complexity index is 454. The van der Waals surface area contributed by atoms with Crippen molar-refractivity contribution in [2.45, 2.75) is 38.4 Å². The molecule has 20 heavy (non-hydrogen) atoms. The highest BCUT2D eigenvalue weighted by molar-refractivity contribution is 9.10. The van der Waals surface area contributed by atoms with Gasteiger partial charge in [0, 0.05) is 29.7 Å². The number of benzene rings is 1. The molecule has 2 saturated heterocycles. The zero-order valence-electron chi connectivity index (χ0n) is 12.0. The van der Waals surface area contributed by atoms with E-state index in [0.29, 0.717) is 12.2 Å². The molecule has 1 aromatic rings. The van der Waals surface area contributed by atoms with Gasteiger partial charge in [0.1, 0.15) is 5.75 Å². The van der Waals surface area contributed by atoms with Crippen molar-refractivity contribution in [2.75, 3.05) is 26.2 Å². The maximum absolute atomic E-state index is 5.89. The summed E-state index contributed by atoms with van der Waals surface area (Å²) in [5.74, 6) is 0.987. The van der Waals surface area contributed by atoms with Gasteiger partial charge in [0.25, 0.3) is 0 Å². The molecule has 2 aliphatic heterocycles. The molecule has 2 atom stereocenters. The van der Waals surface area contributed by atoms with Gasteiger partial charge in [-0.15, -0.1) is 0 Å². The Morgan fingerprint density at radius 3 is 2.80 bits per heavy atom. The van der Waals surface area contributed by atoms with Gasteiger partial charge in [-0.2, -0.15) is 0 Å². The van der Waals surface area contributed by atoms with Crippen LogP contribution in [0.1, 0.15) is 24.8 Å².